The van der Waals surface area contributed by atoms with Gasteiger partial charge in [-0.15, -0.1) is 11.3 Å². The monoisotopic (exact) mass is 1030 g/mol. The average molecular weight is 1030 g/mol. The van der Waals surface area contributed by atoms with Crippen LogP contribution in [0.5, 0.6) is 0 Å². The van der Waals surface area contributed by atoms with Crippen molar-refractivity contribution < 1.29 is 4.42 Å². The number of fused-ring (bicyclic) bond motifs is 13. The van der Waals surface area contributed by atoms with Gasteiger partial charge >= 0.3 is 0 Å². The fourth-order valence-corrected chi connectivity index (χ4v) is 14.7. The van der Waals surface area contributed by atoms with Crippen molar-refractivity contribution in [1.82, 2.24) is 0 Å². The van der Waals surface area contributed by atoms with Crippen molar-refractivity contribution in [3.8, 4) is 66.8 Å². The standard InChI is InChI=1S/C78H46OS/c1-2-18-53-51(17-1)45-70(56-20-4-3-19-55(53)56)76-64-28-11-7-24-60(64)74(61-25-8-12-29-65(61)76)52-43-44-72-69(46-52)67-32-15-30-54(78(67)80-72)49-39-35-47(36-40-49)48-37-41-50(42-38-48)73-58-22-5-9-26-62(58)75(63-27-10-6-23-59(63)73)68-33-16-31-66-57-21-13-14-34-71(57)79-77(66)68/h1-46H. The van der Waals surface area contributed by atoms with Crippen molar-refractivity contribution >= 4 is 118 Å². The third-order valence-corrected chi connectivity index (χ3v) is 18.3. The van der Waals surface area contributed by atoms with E-state index in [1.54, 1.807) is 0 Å². The van der Waals surface area contributed by atoms with E-state index in [2.05, 4.69) is 273 Å². The summed E-state index contributed by atoms with van der Waals surface area (Å²) in [6.45, 7) is 0. The van der Waals surface area contributed by atoms with E-state index in [1.165, 1.54) is 146 Å². The molecular weight excluding hydrogens is 985 g/mol. The van der Waals surface area contributed by atoms with Crippen molar-refractivity contribution in [3.05, 3.63) is 279 Å². The quantitative estimate of drug-likeness (QED) is 0.119. The van der Waals surface area contributed by atoms with Gasteiger partial charge in [0.05, 0.1) is 0 Å². The molecule has 80 heavy (non-hydrogen) atoms. The lowest BCUT2D eigenvalue weighted by Crippen LogP contribution is -1.92. The summed E-state index contributed by atoms with van der Waals surface area (Å²) in [6.07, 6.45) is 0. The topological polar surface area (TPSA) is 13.1 Å². The summed E-state index contributed by atoms with van der Waals surface area (Å²) in [6, 6.07) is 103. The van der Waals surface area contributed by atoms with Gasteiger partial charge in [-0.1, -0.05) is 255 Å². The highest BCUT2D eigenvalue weighted by molar-refractivity contribution is 7.26. The summed E-state index contributed by atoms with van der Waals surface area (Å²) in [5, 5.41) is 19.9. The number of furan rings is 1. The molecule has 0 aliphatic carbocycles. The molecule has 1 nitrogen and oxygen atoms in total. The number of thiophene rings is 1. The summed E-state index contributed by atoms with van der Waals surface area (Å²) in [7, 11) is 0. The van der Waals surface area contributed by atoms with E-state index in [0.29, 0.717) is 0 Å². The zero-order valence-corrected chi connectivity index (χ0v) is 44.2. The van der Waals surface area contributed by atoms with Gasteiger partial charge in [0.1, 0.15) is 11.2 Å². The highest BCUT2D eigenvalue weighted by atomic mass is 32.1. The number of hydrogen-bond acceptors (Lipinski definition) is 2. The van der Waals surface area contributed by atoms with Gasteiger partial charge in [0.15, 0.2) is 0 Å². The average Bonchev–Trinajstić information content (AvgIpc) is 4.19. The number of benzene rings is 15. The van der Waals surface area contributed by atoms with E-state index < -0.39 is 0 Å². The normalized spacial score (nSPS) is 12.0. The molecule has 0 N–H and O–H groups in total. The first kappa shape index (κ1) is 45.0. The zero-order valence-electron chi connectivity index (χ0n) is 43.4. The van der Waals surface area contributed by atoms with Crippen molar-refractivity contribution in [1.29, 1.82) is 0 Å². The minimum absolute atomic E-state index is 0.909. The van der Waals surface area contributed by atoms with Crippen molar-refractivity contribution in [2.75, 3.05) is 0 Å². The summed E-state index contributed by atoms with van der Waals surface area (Å²) < 4.78 is 9.24. The SMILES string of the molecule is c1ccc2c(c1)cc(-c1c3ccccc3c(-c3ccc4sc5c(-c6ccc(-c7ccc(-c8c9ccccc9c(-c9cccc%10c9oc9ccccc9%10)c9ccccc89)cc7)cc6)cccc5c4c3)c3ccccc13)c1ccccc12. The molecular formula is C78H46OS. The molecule has 0 saturated carbocycles. The summed E-state index contributed by atoms with van der Waals surface area (Å²) >= 11 is 1.89. The Bertz CT molecular complexity index is 5290. The molecule has 0 radical (unpaired) electrons. The van der Waals surface area contributed by atoms with Crippen LogP contribution in [-0.2, 0) is 0 Å². The molecule has 15 aromatic carbocycles. The highest BCUT2D eigenvalue weighted by Crippen LogP contribution is 2.50. The molecule has 0 atom stereocenters. The lowest BCUT2D eigenvalue weighted by Gasteiger charge is -2.19. The van der Waals surface area contributed by atoms with E-state index in [9.17, 15) is 0 Å². The number of hydrogen-bond donors (Lipinski definition) is 0. The predicted octanol–water partition coefficient (Wildman–Crippen LogP) is 22.9. The molecule has 0 spiro atoms. The van der Waals surface area contributed by atoms with Crippen molar-refractivity contribution in [2.24, 2.45) is 0 Å². The Kier molecular flexibility index (Phi) is 9.95. The van der Waals surface area contributed by atoms with Crippen LogP contribution in [0.1, 0.15) is 0 Å². The third-order valence-electron chi connectivity index (χ3n) is 17.1. The van der Waals surface area contributed by atoms with Gasteiger partial charge < -0.3 is 4.42 Å². The summed E-state index contributed by atoms with van der Waals surface area (Å²) in [4.78, 5) is 0. The van der Waals surface area contributed by atoms with Crippen LogP contribution in [-0.4, -0.2) is 0 Å². The van der Waals surface area contributed by atoms with Crippen LogP contribution in [0.3, 0.4) is 0 Å². The maximum atomic E-state index is 6.64. The van der Waals surface area contributed by atoms with E-state index in [4.69, 9.17) is 4.42 Å². The lowest BCUT2D eigenvalue weighted by atomic mass is 9.83. The summed E-state index contributed by atoms with van der Waals surface area (Å²) in [5.74, 6) is 0. The minimum Gasteiger partial charge on any atom is -0.455 e. The molecule has 17 aromatic rings. The van der Waals surface area contributed by atoms with Gasteiger partial charge in [0.2, 0.25) is 0 Å². The second-order valence-electron chi connectivity index (χ2n) is 21.3. The van der Waals surface area contributed by atoms with E-state index in [0.717, 1.165) is 27.5 Å². The second-order valence-corrected chi connectivity index (χ2v) is 22.4. The molecule has 2 heterocycles. The van der Waals surface area contributed by atoms with Crippen LogP contribution in [0, 0.1) is 0 Å². The largest absolute Gasteiger partial charge is 0.455 e. The van der Waals surface area contributed by atoms with Gasteiger partial charge in [-0.25, -0.2) is 0 Å². The molecule has 0 amide bonds. The van der Waals surface area contributed by atoms with Crippen LogP contribution in [0.2, 0.25) is 0 Å². The van der Waals surface area contributed by atoms with E-state index in [-0.39, 0.29) is 0 Å². The predicted molar refractivity (Wildman–Crippen MR) is 344 cm³/mol. The molecule has 2 heteroatoms. The Morgan fingerprint density at radius 3 is 1.26 bits per heavy atom. The molecule has 0 aliphatic heterocycles. The maximum Gasteiger partial charge on any atom is 0.143 e. The van der Waals surface area contributed by atoms with Crippen LogP contribution in [0.25, 0.3) is 174 Å². The van der Waals surface area contributed by atoms with Gasteiger partial charge in [0.25, 0.3) is 0 Å². The zero-order chi connectivity index (χ0) is 52.4. The van der Waals surface area contributed by atoms with E-state index >= 15 is 0 Å². The van der Waals surface area contributed by atoms with Crippen LogP contribution < -0.4 is 0 Å². The molecule has 17 rings (SSSR count). The maximum absolute atomic E-state index is 6.64. The Morgan fingerprint density at radius 1 is 0.225 bits per heavy atom. The van der Waals surface area contributed by atoms with Gasteiger partial charge in [0, 0.05) is 42.1 Å². The van der Waals surface area contributed by atoms with Gasteiger partial charge in [-0.3, -0.25) is 0 Å². The second kappa shape index (κ2) is 17.7. The number of rotatable bonds is 6. The molecule has 0 fully saturated rings. The first-order valence-corrected chi connectivity index (χ1v) is 28.4. The lowest BCUT2D eigenvalue weighted by molar-refractivity contribution is 0.670. The smallest absolute Gasteiger partial charge is 0.143 e. The summed E-state index contributed by atoms with van der Waals surface area (Å²) in [5.41, 5.74) is 16.5. The Balaban J connectivity index is 0.733. The molecule has 2 aromatic heterocycles. The van der Waals surface area contributed by atoms with Crippen LogP contribution in [0.4, 0.5) is 0 Å². The first-order valence-electron chi connectivity index (χ1n) is 27.6. The Hall–Kier alpha value is -10.1. The van der Waals surface area contributed by atoms with Crippen LogP contribution in [0.15, 0.2) is 283 Å². The first-order chi connectivity index (χ1) is 39.7. The highest BCUT2D eigenvalue weighted by Gasteiger charge is 2.23. The third kappa shape index (κ3) is 6.76. The molecule has 0 bridgehead atoms. The molecule has 0 aliphatic rings. The van der Waals surface area contributed by atoms with Crippen molar-refractivity contribution in [2.45, 2.75) is 0 Å². The van der Waals surface area contributed by atoms with Crippen LogP contribution >= 0.6 is 11.3 Å². The fourth-order valence-electron chi connectivity index (χ4n) is 13.5. The van der Waals surface area contributed by atoms with E-state index in [1.807, 2.05) is 17.4 Å². The van der Waals surface area contributed by atoms with Crippen molar-refractivity contribution in [3.63, 3.8) is 0 Å². The van der Waals surface area contributed by atoms with Gasteiger partial charge in [-0.2, -0.15) is 0 Å². The molecule has 0 unspecified atom stereocenters. The Labute approximate surface area is 465 Å². The fraction of sp³-hybridized carbons (Fsp3) is 0. The number of para-hydroxylation sites is 2. The van der Waals surface area contributed by atoms with Gasteiger partial charge in [-0.05, 0) is 145 Å². The Morgan fingerprint density at radius 2 is 0.650 bits per heavy atom. The molecule has 0 saturated heterocycles. The molecule has 370 valence electrons. The minimum atomic E-state index is 0.909.